The Morgan fingerprint density at radius 3 is 2.15 bits per heavy atom. The summed E-state index contributed by atoms with van der Waals surface area (Å²) in [7, 11) is 0. The van der Waals surface area contributed by atoms with Crippen molar-refractivity contribution in [2.75, 3.05) is 13.1 Å². The van der Waals surface area contributed by atoms with Gasteiger partial charge in [0.25, 0.3) is 0 Å². The van der Waals surface area contributed by atoms with E-state index in [0.717, 1.165) is 5.56 Å². The van der Waals surface area contributed by atoms with E-state index in [4.69, 9.17) is 10.5 Å². The van der Waals surface area contributed by atoms with Crippen LogP contribution in [0.5, 0.6) is 0 Å². The molecule has 1 amide bonds. The lowest BCUT2D eigenvalue weighted by Crippen LogP contribution is -2.59. The van der Waals surface area contributed by atoms with E-state index >= 15 is 0 Å². The lowest BCUT2D eigenvalue weighted by molar-refractivity contribution is -0.188. The molecule has 1 aromatic carbocycles. The van der Waals surface area contributed by atoms with Gasteiger partial charge in [-0.3, -0.25) is 4.79 Å². The average molecular weight is 276 g/mol. The number of benzene rings is 1. The fourth-order valence-electron chi connectivity index (χ4n) is 2.94. The first-order chi connectivity index (χ1) is 9.20. The van der Waals surface area contributed by atoms with Crippen LogP contribution in [0.3, 0.4) is 0 Å². The molecule has 4 nitrogen and oxygen atoms in total. The lowest BCUT2D eigenvalue weighted by Gasteiger charge is -2.47. The molecular formula is C16H24N2O2. The van der Waals surface area contributed by atoms with Crippen LogP contribution < -0.4 is 5.73 Å². The van der Waals surface area contributed by atoms with E-state index in [-0.39, 0.29) is 17.1 Å². The number of carbonyl (C=O) groups excluding carboxylic acids is 1. The zero-order valence-corrected chi connectivity index (χ0v) is 12.7. The maximum Gasteiger partial charge on any atom is 0.244 e. The molecule has 0 radical (unpaired) electrons. The highest BCUT2D eigenvalue weighted by atomic mass is 16.5. The van der Waals surface area contributed by atoms with Crippen LogP contribution in [0.15, 0.2) is 30.3 Å². The molecule has 1 saturated heterocycles. The number of carbonyl (C=O) groups is 1. The maximum absolute atomic E-state index is 12.6. The molecule has 1 aliphatic rings. The Balaban J connectivity index is 2.16. The normalized spacial score (nSPS) is 22.4. The number of hydrogen-bond acceptors (Lipinski definition) is 3. The predicted molar refractivity (Wildman–Crippen MR) is 79.2 cm³/mol. The monoisotopic (exact) mass is 276 g/mol. The highest BCUT2D eigenvalue weighted by molar-refractivity contribution is 5.83. The molecule has 4 heteroatoms. The minimum Gasteiger partial charge on any atom is -0.366 e. The Bertz CT molecular complexity index is 467. The van der Waals surface area contributed by atoms with Crippen molar-refractivity contribution < 1.29 is 9.53 Å². The fraction of sp³-hybridized carbons (Fsp3) is 0.562. The van der Waals surface area contributed by atoms with Crippen molar-refractivity contribution in [1.29, 1.82) is 0 Å². The van der Waals surface area contributed by atoms with E-state index in [9.17, 15) is 4.79 Å². The Morgan fingerprint density at radius 1 is 1.15 bits per heavy atom. The first-order valence-electron chi connectivity index (χ1n) is 7.00. The fourth-order valence-corrected chi connectivity index (χ4v) is 2.94. The van der Waals surface area contributed by atoms with Crippen molar-refractivity contribution in [2.45, 2.75) is 44.9 Å². The quantitative estimate of drug-likeness (QED) is 0.900. The molecule has 2 rings (SSSR count). The van der Waals surface area contributed by atoms with Gasteiger partial charge in [-0.1, -0.05) is 30.3 Å². The molecule has 1 heterocycles. The molecule has 0 bridgehead atoms. The first-order valence-corrected chi connectivity index (χ1v) is 7.00. The van der Waals surface area contributed by atoms with Crippen LogP contribution in [-0.2, 0) is 9.53 Å². The van der Waals surface area contributed by atoms with Crippen molar-refractivity contribution in [3.8, 4) is 0 Å². The first kappa shape index (κ1) is 15.0. The van der Waals surface area contributed by atoms with E-state index < -0.39 is 6.04 Å². The van der Waals surface area contributed by atoms with E-state index in [1.165, 1.54) is 0 Å². The molecule has 110 valence electrons. The van der Waals surface area contributed by atoms with Gasteiger partial charge in [0.1, 0.15) is 6.04 Å². The largest absolute Gasteiger partial charge is 0.366 e. The zero-order chi connectivity index (χ0) is 15.0. The minimum absolute atomic E-state index is 0.0411. The van der Waals surface area contributed by atoms with Gasteiger partial charge in [0.05, 0.1) is 11.2 Å². The highest BCUT2D eigenvalue weighted by Gasteiger charge is 2.41. The summed E-state index contributed by atoms with van der Waals surface area (Å²) in [6.07, 6.45) is 0. The standard InChI is InChI=1S/C16H24N2O2/c1-15(2)10-18(11-16(3,4)20-15)14(19)13(17)12-8-6-5-7-9-12/h5-9,13H,10-11,17H2,1-4H3. The van der Waals surface area contributed by atoms with E-state index in [0.29, 0.717) is 13.1 Å². The molecule has 1 aliphatic heterocycles. The lowest BCUT2D eigenvalue weighted by atomic mass is 9.97. The predicted octanol–water partition coefficient (Wildman–Crippen LogP) is 2.10. The molecule has 0 spiro atoms. The van der Waals surface area contributed by atoms with Gasteiger partial charge in [-0.25, -0.2) is 0 Å². The summed E-state index contributed by atoms with van der Waals surface area (Å²) in [4.78, 5) is 14.4. The number of amides is 1. The van der Waals surface area contributed by atoms with Gasteiger partial charge >= 0.3 is 0 Å². The van der Waals surface area contributed by atoms with Crippen LogP contribution in [0, 0.1) is 0 Å². The molecular weight excluding hydrogens is 252 g/mol. The van der Waals surface area contributed by atoms with Crippen molar-refractivity contribution >= 4 is 5.91 Å². The summed E-state index contributed by atoms with van der Waals surface area (Å²) in [6.45, 7) is 9.14. The summed E-state index contributed by atoms with van der Waals surface area (Å²) in [5.74, 6) is -0.0411. The number of nitrogens with two attached hydrogens (primary N) is 1. The van der Waals surface area contributed by atoms with Crippen molar-refractivity contribution in [1.82, 2.24) is 4.90 Å². The van der Waals surface area contributed by atoms with Gasteiger partial charge in [0.2, 0.25) is 5.91 Å². The summed E-state index contributed by atoms with van der Waals surface area (Å²) in [5.41, 5.74) is 6.25. The molecule has 20 heavy (non-hydrogen) atoms. The smallest absolute Gasteiger partial charge is 0.244 e. The number of hydrogen-bond donors (Lipinski definition) is 1. The second kappa shape index (κ2) is 5.19. The summed E-state index contributed by atoms with van der Waals surface area (Å²) >= 11 is 0. The molecule has 2 N–H and O–H groups in total. The molecule has 1 atom stereocenters. The topological polar surface area (TPSA) is 55.6 Å². The van der Waals surface area contributed by atoms with Gasteiger partial charge in [0, 0.05) is 13.1 Å². The average Bonchev–Trinajstić information content (AvgIpc) is 2.34. The molecule has 0 saturated carbocycles. The number of morpholine rings is 1. The van der Waals surface area contributed by atoms with Crippen LogP contribution in [0.1, 0.15) is 39.3 Å². The third kappa shape index (κ3) is 3.38. The van der Waals surface area contributed by atoms with E-state index in [1.807, 2.05) is 62.9 Å². The molecule has 1 unspecified atom stereocenters. The second-order valence-corrected chi connectivity index (χ2v) is 6.70. The Hall–Kier alpha value is -1.39. The zero-order valence-electron chi connectivity index (χ0n) is 12.7. The van der Waals surface area contributed by atoms with Gasteiger partial charge in [-0.05, 0) is 33.3 Å². The van der Waals surface area contributed by atoms with Crippen LogP contribution in [0.4, 0.5) is 0 Å². The Labute approximate surface area is 120 Å². The molecule has 0 aliphatic carbocycles. The van der Waals surface area contributed by atoms with Gasteiger partial charge < -0.3 is 15.4 Å². The van der Waals surface area contributed by atoms with Crippen molar-refractivity contribution in [3.63, 3.8) is 0 Å². The van der Waals surface area contributed by atoms with Gasteiger partial charge in [-0.15, -0.1) is 0 Å². The summed E-state index contributed by atoms with van der Waals surface area (Å²) in [5, 5.41) is 0. The minimum atomic E-state index is -0.610. The molecule has 1 aromatic rings. The third-order valence-corrected chi connectivity index (χ3v) is 3.43. The van der Waals surface area contributed by atoms with E-state index in [2.05, 4.69) is 0 Å². The Morgan fingerprint density at radius 2 is 1.65 bits per heavy atom. The molecule has 1 fully saturated rings. The van der Waals surface area contributed by atoms with Crippen molar-refractivity contribution in [3.05, 3.63) is 35.9 Å². The second-order valence-electron chi connectivity index (χ2n) is 6.70. The summed E-state index contributed by atoms with van der Waals surface area (Å²) < 4.78 is 5.99. The summed E-state index contributed by atoms with van der Waals surface area (Å²) in [6, 6.07) is 8.88. The maximum atomic E-state index is 12.6. The van der Waals surface area contributed by atoms with Crippen molar-refractivity contribution in [2.24, 2.45) is 5.73 Å². The van der Waals surface area contributed by atoms with Crippen LogP contribution in [-0.4, -0.2) is 35.1 Å². The molecule has 0 aromatic heterocycles. The van der Waals surface area contributed by atoms with Crippen LogP contribution in [0.2, 0.25) is 0 Å². The van der Waals surface area contributed by atoms with Crippen LogP contribution >= 0.6 is 0 Å². The number of nitrogens with zero attached hydrogens (tertiary/aromatic N) is 1. The van der Waals surface area contributed by atoms with E-state index in [1.54, 1.807) is 0 Å². The third-order valence-electron chi connectivity index (χ3n) is 3.43. The van der Waals surface area contributed by atoms with Gasteiger partial charge in [-0.2, -0.15) is 0 Å². The Kier molecular flexibility index (Phi) is 3.89. The van der Waals surface area contributed by atoms with Crippen LogP contribution in [0.25, 0.3) is 0 Å². The number of rotatable bonds is 2. The SMILES string of the molecule is CC1(C)CN(C(=O)C(N)c2ccccc2)CC(C)(C)O1. The van der Waals surface area contributed by atoms with Gasteiger partial charge in [0.15, 0.2) is 0 Å². The number of ether oxygens (including phenoxy) is 1. The highest BCUT2D eigenvalue weighted by Crippen LogP contribution is 2.29.